The van der Waals surface area contributed by atoms with Gasteiger partial charge in [-0.2, -0.15) is 0 Å². The number of aliphatic carboxylic acids is 1. The number of hydrogen-bond donors (Lipinski definition) is 2. The molecule has 5 heteroatoms. The van der Waals surface area contributed by atoms with Gasteiger partial charge in [-0.25, -0.2) is 0 Å². The second kappa shape index (κ2) is 8.37. The number of carboxylic acids is 1. The fraction of sp³-hybridized carbons (Fsp3) is 0.500. The van der Waals surface area contributed by atoms with E-state index in [4.69, 9.17) is 14.6 Å². The van der Waals surface area contributed by atoms with Gasteiger partial charge < -0.3 is 20.1 Å². The lowest BCUT2D eigenvalue weighted by Gasteiger charge is -2.29. The van der Waals surface area contributed by atoms with E-state index in [0.29, 0.717) is 0 Å². The van der Waals surface area contributed by atoms with Crippen LogP contribution in [0.4, 0.5) is 5.69 Å². The van der Waals surface area contributed by atoms with Crippen LogP contribution in [-0.2, 0) is 4.79 Å². The fourth-order valence-electron chi connectivity index (χ4n) is 1.84. The summed E-state index contributed by atoms with van der Waals surface area (Å²) in [6, 6.07) is 8.36. The minimum absolute atomic E-state index is 0.729. The average Bonchev–Trinajstić information content (AvgIpc) is 2.40. The molecule has 0 spiro atoms. The number of benzene rings is 1. The number of nitrogens with one attached hydrogen (secondary N) is 1. The zero-order valence-corrected chi connectivity index (χ0v) is 11.6. The van der Waals surface area contributed by atoms with Crippen molar-refractivity contribution in [2.24, 2.45) is 0 Å². The van der Waals surface area contributed by atoms with Crippen molar-refractivity contribution >= 4 is 11.7 Å². The van der Waals surface area contributed by atoms with E-state index >= 15 is 0 Å². The first kappa shape index (κ1) is 15.3. The fourth-order valence-corrected chi connectivity index (χ4v) is 1.84. The van der Waals surface area contributed by atoms with Gasteiger partial charge in [0.1, 0.15) is 5.75 Å². The molecule has 0 saturated carbocycles. The molecule has 0 aromatic heterocycles. The lowest BCUT2D eigenvalue weighted by Crippen LogP contribution is -2.43. The first-order chi connectivity index (χ1) is 9.13. The van der Waals surface area contributed by atoms with Crippen molar-refractivity contribution in [2.45, 2.75) is 13.8 Å². The summed E-state index contributed by atoms with van der Waals surface area (Å²) < 4.78 is 5.42. The van der Waals surface area contributed by atoms with E-state index in [1.807, 2.05) is 19.1 Å². The molecule has 1 aromatic carbocycles. The highest BCUT2D eigenvalue weighted by Crippen LogP contribution is 2.19. The van der Waals surface area contributed by atoms with E-state index in [9.17, 15) is 0 Å². The quantitative estimate of drug-likeness (QED) is 0.870. The van der Waals surface area contributed by atoms with Crippen LogP contribution in [0.3, 0.4) is 0 Å². The third kappa shape index (κ3) is 6.10. The zero-order chi connectivity index (χ0) is 14.1. The van der Waals surface area contributed by atoms with Gasteiger partial charge in [-0.05, 0) is 31.2 Å². The Balaban J connectivity index is 0.000000399. The molecule has 0 atom stereocenters. The number of ether oxygens (including phenoxy) is 1. The molecular formula is C14H22N2O3. The molecule has 2 N–H and O–H groups in total. The standard InChI is InChI=1S/C12H18N2O.C2H4O2/c1-2-15-12-5-3-11(4-6-12)14-9-7-13-8-10-14;1-2(3)4/h3-6,13H,2,7-10H2,1H3;1H3,(H,3,4). The summed E-state index contributed by atoms with van der Waals surface area (Å²) in [5, 5.41) is 10.8. The molecule has 1 aromatic rings. The summed E-state index contributed by atoms with van der Waals surface area (Å²) in [6.45, 7) is 8.15. The summed E-state index contributed by atoms with van der Waals surface area (Å²) in [6.07, 6.45) is 0. The second-order valence-corrected chi connectivity index (χ2v) is 4.18. The monoisotopic (exact) mass is 266 g/mol. The molecule has 1 aliphatic rings. The Morgan fingerprint density at radius 2 is 1.84 bits per heavy atom. The van der Waals surface area contributed by atoms with E-state index in [1.54, 1.807) is 0 Å². The maximum Gasteiger partial charge on any atom is 0.300 e. The first-order valence-corrected chi connectivity index (χ1v) is 6.51. The lowest BCUT2D eigenvalue weighted by atomic mass is 10.2. The van der Waals surface area contributed by atoms with Crippen LogP contribution in [-0.4, -0.2) is 43.9 Å². The van der Waals surface area contributed by atoms with Gasteiger partial charge in [-0.15, -0.1) is 0 Å². The number of carbonyl (C=O) groups is 1. The smallest absolute Gasteiger partial charge is 0.300 e. The highest BCUT2D eigenvalue weighted by molar-refractivity contribution is 5.62. The summed E-state index contributed by atoms with van der Waals surface area (Å²) in [5.74, 6) is 0.122. The van der Waals surface area contributed by atoms with Crippen molar-refractivity contribution in [3.8, 4) is 5.75 Å². The van der Waals surface area contributed by atoms with Gasteiger partial charge in [0.05, 0.1) is 6.61 Å². The summed E-state index contributed by atoms with van der Waals surface area (Å²) in [5.41, 5.74) is 1.29. The van der Waals surface area contributed by atoms with Crippen LogP contribution in [0.15, 0.2) is 24.3 Å². The first-order valence-electron chi connectivity index (χ1n) is 6.51. The van der Waals surface area contributed by atoms with Crippen LogP contribution in [0, 0.1) is 0 Å². The topological polar surface area (TPSA) is 61.8 Å². The van der Waals surface area contributed by atoms with Gasteiger partial charge in [0.25, 0.3) is 5.97 Å². The van der Waals surface area contributed by atoms with Crippen LogP contribution in [0.25, 0.3) is 0 Å². The molecule has 106 valence electrons. The Morgan fingerprint density at radius 1 is 1.32 bits per heavy atom. The largest absolute Gasteiger partial charge is 0.494 e. The summed E-state index contributed by atoms with van der Waals surface area (Å²) in [4.78, 5) is 11.4. The Morgan fingerprint density at radius 3 is 2.32 bits per heavy atom. The zero-order valence-electron chi connectivity index (χ0n) is 11.6. The molecule has 0 unspecified atom stereocenters. The van der Waals surface area contributed by atoms with Gasteiger partial charge in [0, 0.05) is 38.8 Å². The maximum absolute atomic E-state index is 9.00. The minimum Gasteiger partial charge on any atom is -0.494 e. The van der Waals surface area contributed by atoms with Gasteiger partial charge >= 0.3 is 0 Å². The normalized spacial score (nSPS) is 14.3. The molecule has 1 heterocycles. The number of rotatable bonds is 3. The van der Waals surface area contributed by atoms with Crippen molar-refractivity contribution in [1.29, 1.82) is 0 Å². The Kier molecular flexibility index (Phi) is 6.74. The molecule has 0 amide bonds. The lowest BCUT2D eigenvalue weighted by molar-refractivity contribution is -0.134. The van der Waals surface area contributed by atoms with Gasteiger partial charge in [-0.1, -0.05) is 0 Å². The SMILES string of the molecule is CC(=O)O.CCOc1ccc(N2CCNCC2)cc1. The highest BCUT2D eigenvalue weighted by atomic mass is 16.5. The van der Waals surface area contributed by atoms with Gasteiger partial charge in [0.15, 0.2) is 0 Å². The van der Waals surface area contributed by atoms with Crippen molar-refractivity contribution in [3.05, 3.63) is 24.3 Å². The number of anilines is 1. The number of carboxylic acid groups (broad SMARTS) is 1. The molecule has 0 aliphatic carbocycles. The predicted octanol–water partition coefficient (Wildman–Crippen LogP) is 1.59. The number of piperazine rings is 1. The molecule has 0 bridgehead atoms. The average molecular weight is 266 g/mol. The molecule has 0 radical (unpaired) electrons. The van der Waals surface area contributed by atoms with Crippen molar-refractivity contribution in [2.75, 3.05) is 37.7 Å². The summed E-state index contributed by atoms with van der Waals surface area (Å²) in [7, 11) is 0. The van der Waals surface area contributed by atoms with Crippen LogP contribution in [0.5, 0.6) is 5.75 Å². The second-order valence-electron chi connectivity index (χ2n) is 4.18. The third-order valence-electron chi connectivity index (χ3n) is 2.63. The van der Waals surface area contributed by atoms with Crippen LogP contribution in [0.1, 0.15) is 13.8 Å². The number of nitrogens with zero attached hydrogens (tertiary/aromatic N) is 1. The third-order valence-corrected chi connectivity index (χ3v) is 2.63. The van der Waals surface area contributed by atoms with E-state index in [0.717, 1.165) is 45.5 Å². The molecule has 19 heavy (non-hydrogen) atoms. The van der Waals surface area contributed by atoms with E-state index in [2.05, 4.69) is 22.3 Å². The van der Waals surface area contributed by atoms with Crippen molar-refractivity contribution in [1.82, 2.24) is 5.32 Å². The van der Waals surface area contributed by atoms with Crippen molar-refractivity contribution in [3.63, 3.8) is 0 Å². The van der Waals surface area contributed by atoms with Crippen LogP contribution in [0.2, 0.25) is 0 Å². The van der Waals surface area contributed by atoms with Gasteiger partial charge in [0.2, 0.25) is 0 Å². The van der Waals surface area contributed by atoms with Crippen LogP contribution < -0.4 is 15.0 Å². The molecular weight excluding hydrogens is 244 g/mol. The Labute approximate surface area is 114 Å². The minimum atomic E-state index is -0.833. The maximum atomic E-state index is 9.00. The Bertz CT molecular complexity index is 369. The van der Waals surface area contributed by atoms with E-state index < -0.39 is 5.97 Å². The highest BCUT2D eigenvalue weighted by Gasteiger charge is 2.09. The van der Waals surface area contributed by atoms with E-state index in [1.165, 1.54) is 5.69 Å². The predicted molar refractivity (Wildman–Crippen MR) is 76.0 cm³/mol. The molecule has 2 rings (SSSR count). The molecule has 1 saturated heterocycles. The molecule has 1 aliphatic heterocycles. The number of hydrogen-bond acceptors (Lipinski definition) is 4. The summed E-state index contributed by atoms with van der Waals surface area (Å²) >= 11 is 0. The molecule has 1 fully saturated rings. The Hall–Kier alpha value is -1.75. The molecule has 5 nitrogen and oxygen atoms in total. The van der Waals surface area contributed by atoms with Crippen LogP contribution >= 0.6 is 0 Å². The van der Waals surface area contributed by atoms with Gasteiger partial charge in [-0.3, -0.25) is 4.79 Å². The van der Waals surface area contributed by atoms with Crippen molar-refractivity contribution < 1.29 is 14.6 Å². The van der Waals surface area contributed by atoms with E-state index in [-0.39, 0.29) is 0 Å².